The molecule has 3 aliphatic heterocycles. The van der Waals surface area contributed by atoms with Crippen molar-refractivity contribution in [3.05, 3.63) is 60.4 Å². The second kappa shape index (κ2) is 8.41. The molecule has 0 amide bonds. The molecule has 0 saturated carbocycles. The molecule has 7 nitrogen and oxygen atoms in total. The van der Waals surface area contributed by atoms with Crippen molar-refractivity contribution in [2.45, 2.75) is 18.4 Å². The number of benzene rings is 2. The zero-order chi connectivity index (χ0) is 22.5. The lowest BCUT2D eigenvalue weighted by Gasteiger charge is -2.21. The summed E-state index contributed by atoms with van der Waals surface area (Å²) in [6.07, 6.45) is 4.99. The Morgan fingerprint density at radius 2 is 1.44 bits per heavy atom. The molecule has 2 fully saturated rings. The Morgan fingerprint density at radius 1 is 0.765 bits per heavy atom. The number of rotatable bonds is 4. The fourth-order valence-electron chi connectivity index (χ4n) is 4.59. The summed E-state index contributed by atoms with van der Waals surface area (Å²) in [5.74, 6) is 9.75. The maximum Gasteiger partial charge on any atom is 0.170 e. The molecule has 172 valence electrons. The number of fused-ring (bicyclic) bond motifs is 2. The second-order valence-corrected chi connectivity index (χ2v) is 10.9. The van der Waals surface area contributed by atoms with E-state index in [2.05, 4.69) is 25.3 Å². The van der Waals surface area contributed by atoms with Crippen LogP contribution in [0.5, 0.6) is 23.0 Å². The van der Waals surface area contributed by atoms with Gasteiger partial charge in [0.2, 0.25) is 0 Å². The molecule has 0 radical (unpaired) electrons. The summed E-state index contributed by atoms with van der Waals surface area (Å²) >= 11 is 3.88. The summed E-state index contributed by atoms with van der Waals surface area (Å²) in [4.78, 5) is 16.2. The summed E-state index contributed by atoms with van der Waals surface area (Å²) in [6.45, 7) is 0. The van der Waals surface area contributed by atoms with Gasteiger partial charge in [0.05, 0.1) is 29.8 Å². The first-order valence-corrected chi connectivity index (χ1v) is 13.7. The van der Waals surface area contributed by atoms with Crippen LogP contribution in [0.25, 0.3) is 22.5 Å². The van der Waals surface area contributed by atoms with Gasteiger partial charge in [0.15, 0.2) is 23.0 Å². The average molecular weight is 490 g/mol. The van der Waals surface area contributed by atoms with Crippen molar-refractivity contribution in [2.75, 3.05) is 23.1 Å². The monoisotopic (exact) mass is 489 g/mol. The van der Waals surface area contributed by atoms with E-state index in [0.717, 1.165) is 51.5 Å². The van der Waals surface area contributed by atoms with Gasteiger partial charge in [-0.2, -0.15) is 11.8 Å². The second-order valence-electron chi connectivity index (χ2n) is 8.72. The van der Waals surface area contributed by atoms with Gasteiger partial charge in [-0.3, -0.25) is 5.32 Å². The molecular weight excluding hydrogens is 466 g/mol. The van der Waals surface area contributed by atoms with E-state index in [9.17, 15) is 0 Å². The number of ether oxygens (including phenoxy) is 2. The SMILES string of the molecule is c1cc2c(cc1-c1cnc(C3CCSC3)[nH]1)Oc1ccc(-c3cnc(C4CSCN4)[nH]3)cc1O2. The van der Waals surface area contributed by atoms with E-state index in [1.807, 2.05) is 72.3 Å². The first-order valence-electron chi connectivity index (χ1n) is 11.4. The zero-order valence-electron chi connectivity index (χ0n) is 18.3. The molecule has 0 aliphatic carbocycles. The Hall–Kier alpha value is -2.88. The highest BCUT2D eigenvalue weighted by atomic mass is 32.2. The number of imidazole rings is 2. The van der Waals surface area contributed by atoms with Crippen molar-refractivity contribution in [1.29, 1.82) is 0 Å². The molecule has 2 unspecified atom stereocenters. The number of hydrogen-bond acceptors (Lipinski definition) is 7. The Bertz CT molecular complexity index is 1250. The smallest absolute Gasteiger partial charge is 0.170 e. The molecule has 7 rings (SSSR count). The number of nitrogens with one attached hydrogen (secondary N) is 3. The van der Waals surface area contributed by atoms with Crippen molar-refractivity contribution in [3.63, 3.8) is 0 Å². The van der Waals surface area contributed by atoms with Crippen LogP contribution in [0.15, 0.2) is 48.8 Å². The summed E-state index contributed by atoms with van der Waals surface area (Å²) in [7, 11) is 0. The number of aromatic nitrogens is 4. The number of nitrogens with zero attached hydrogens (tertiary/aromatic N) is 2. The van der Waals surface area contributed by atoms with E-state index in [4.69, 9.17) is 9.47 Å². The topological polar surface area (TPSA) is 87.9 Å². The maximum absolute atomic E-state index is 6.22. The third-order valence-corrected chi connectivity index (χ3v) is 8.61. The minimum absolute atomic E-state index is 0.278. The van der Waals surface area contributed by atoms with E-state index in [1.165, 1.54) is 12.2 Å². The Kier molecular flexibility index (Phi) is 5.07. The summed E-state index contributed by atoms with van der Waals surface area (Å²) < 4.78 is 12.4. The van der Waals surface area contributed by atoms with Gasteiger partial charge in [0.1, 0.15) is 11.6 Å². The number of thioether (sulfide) groups is 2. The van der Waals surface area contributed by atoms with Gasteiger partial charge in [-0.05, 0) is 48.6 Å². The van der Waals surface area contributed by atoms with Crippen LogP contribution in [0.2, 0.25) is 0 Å². The van der Waals surface area contributed by atoms with Crippen LogP contribution in [-0.4, -0.2) is 43.1 Å². The summed E-state index contributed by atoms with van der Waals surface area (Å²) in [5.41, 5.74) is 4.03. The van der Waals surface area contributed by atoms with E-state index in [-0.39, 0.29) is 6.04 Å². The predicted molar refractivity (Wildman–Crippen MR) is 136 cm³/mol. The van der Waals surface area contributed by atoms with Crippen LogP contribution in [0.3, 0.4) is 0 Å². The first-order chi connectivity index (χ1) is 16.8. The number of aromatic amines is 2. The van der Waals surface area contributed by atoms with Crippen molar-refractivity contribution in [2.24, 2.45) is 0 Å². The number of hydrogen-bond donors (Lipinski definition) is 3. The molecule has 2 aromatic carbocycles. The number of H-pyrrole nitrogens is 2. The summed E-state index contributed by atoms with van der Waals surface area (Å²) in [5, 5.41) is 3.45. The van der Waals surface area contributed by atoms with Crippen molar-refractivity contribution >= 4 is 23.5 Å². The highest BCUT2D eigenvalue weighted by molar-refractivity contribution is 7.99. The quantitative estimate of drug-likeness (QED) is 0.289. The minimum Gasteiger partial charge on any atom is -0.449 e. The lowest BCUT2D eigenvalue weighted by atomic mass is 10.1. The molecule has 9 heteroatoms. The van der Waals surface area contributed by atoms with Crippen LogP contribution in [0.1, 0.15) is 30.0 Å². The molecule has 2 aromatic heterocycles. The minimum atomic E-state index is 0.278. The van der Waals surface area contributed by atoms with Crippen LogP contribution in [0.4, 0.5) is 0 Å². The van der Waals surface area contributed by atoms with Crippen LogP contribution in [-0.2, 0) is 0 Å². The van der Waals surface area contributed by atoms with Gasteiger partial charge < -0.3 is 19.4 Å². The molecule has 0 bridgehead atoms. The van der Waals surface area contributed by atoms with E-state index in [1.54, 1.807) is 0 Å². The van der Waals surface area contributed by atoms with Crippen LogP contribution in [0, 0.1) is 0 Å². The third kappa shape index (κ3) is 3.68. The lowest BCUT2D eigenvalue weighted by molar-refractivity contribution is 0.360. The molecule has 3 N–H and O–H groups in total. The van der Waals surface area contributed by atoms with Gasteiger partial charge in [-0.25, -0.2) is 9.97 Å². The van der Waals surface area contributed by atoms with Crippen LogP contribution < -0.4 is 14.8 Å². The van der Waals surface area contributed by atoms with E-state index >= 15 is 0 Å². The third-order valence-electron chi connectivity index (χ3n) is 6.50. The normalized spacial score (nSPS) is 21.1. The molecule has 4 aromatic rings. The lowest BCUT2D eigenvalue weighted by Crippen LogP contribution is -2.15. The predicted octanol–water partition coefficient (Wildman–Crippen LogP) is 5.92. The maximum atomic E-state index is 6.22. The fraction of sp³-hybridized carbons (Fsp3) is 0.280. The van der Waals surface area contributed by atoms with Crippen molar-refractivity contribution < 1.29 is 9.47 Å². The van der Waals surface area contributed by atoms with E-state index < -0.39 is 0 Å². The van der Waals surface area contributed by atoms with Gasteiger partial charge in [-0.1, -0.05) is 0 Å². The summed E-state index contributed by atoms with van der Waals surface area (Å²) in [6, 6.07) is 12.3. The largest absolute Gasteiger partial charge is 0.449 e. The Morgan fingerprint density at radius 3 is 2.06 bits per heavy atom. The first kappa shape index (κ1) is 20.5. The molecule has 34 heavy (non-hydrogen) atoms. The van der Waals surface area contributed by atoms with Crippen LogP contribution >= 0.6 is 23.5 Å². The van der Waals surface area contributed by atoms with E-state index in [0.29, 0.717) is 28.9 Å². The average Bonchev–Trinajstić information content (AvgIpc) is 3.68. The molecule has 0 spiro atoms. The Balaban J connectivity index is 1.13. The fourth-order valence-corrected chi connectivity index (χ4v) is 6.76. The Labute approximate surface area is 205 Å². The van der Waals surface area contributed by atoms with Gasteiger partial charge >= 0.3 is 0 Å². The van der Waals surface area contributed by atoms with Gasteiger partial charge in [0, 0.05) is 34.4 Å². The zero-order valence-corrected chi connectivity index (χ0v) is 20.0. The molecule has 2 atom stereocenters. The molecular formula is C25H23N5O2S2. The standard InChI is InChI=1S/C25H23N5O2S2/c1-3-20-22(7-14(1)17-9-26-24(29-17)16-5-6-33-11-16)31-21-4-2-15(8-23(21)32-20)18-10-27-25(30-18)19-12-34-13-28-19/h1-4,7-10,16,19,28H,5-6,11-13H2,(H,26,29)(H,27,30). The van der Waals surface area contributed by atoms with Crippen molar-refractivity contribution in [3.8, 4) is 45.5 Å². The van der Waals surface area contributed by atoms with Gasteiger partial charge in [-0.15, -0.1) is 11.8 Å². The molecule has 2 saturated heterocycles. The molecule has 3 aliphatic rings. The van der Waals surface area contributed by atoms with Crippen molar-refractivity contribution in [1.82, 2.24) is 25.3 Å². The van der Waals surface area contributed by atoms with Gasteiger partial charge in [0.25, 0.3) is 0 Å². The molecule has 5 heterocycles. The highest BCUT2D eigenvalue weighted by Crippen LogP contribution is 2.47. The highest BCUT2D eigenvalue weighted by Gasteiger charge is 2.24.